The molecule has 0 bridgehead atoms. The van der Waals surface area contributed by atoms with Crippen molar-refractivity contribution in [3.63, 3.8) is 0 Å². The fraction of sp³-hybridized carbons (Fsp3) is 0.273. The highest BCUT2D eigenvalue weighted by atomic mass is 32.1. The molecule has 0 saturated carbocycles. The van der Waals surface area contributed by atoms with E-state index in [9.17, 15) is 0 Å². The number of benzene rings is 1. The summed E-state index contributed by atoms with van der Waals surface area (Å²) in [5.41, 5.74) is 1.64. The molecule has 0 spiro atoms. The largest absolute Gasteiger partial charge is 0.496 e. The zero-order valence-corrected chi connectivity index (χ0v) is 8.84. The van der Waals surface area contributed by atoms with E-state index in [1.165, 1.54) is 0 Å². The quantitative estimate of drug-likeness (QED) is 0.569. The molecular weight excluding hydrogens is 196 g/mol. The Morgan fingerprint density at radius 3 is 2.86 bits per heavy atom. The van der Waals surface area contributed by atoms with E-state index in [0.717, 1.165) is 11.1 Å². The van der Waals surface area contributed by atoms with Crippen molar-refractivity contribution in [2.45, 2.75) is 6.61 Å². The Labute approximate surface area is 89.3 Å². The van der Waals surface area contributed by atoms with Gasteiger partial charge in [0, 0.05) is 11.1 Å². The minimum Gasteiger partial charge on any atom is -0.496 e. The van der Waals surface area contributed by atoms with E-state index in [0.29, 0.717) is 11.5 Å². The van der Waals surface area contributed by atoms with Crippen LogP contribution in [0.4, 0.5) is 0 Å². The summed E-state index contributed by atoms with van der Waals surface area (Å²) >= 11 is 3.99. The number of ether oxygens (including phenoxy) is 1. The van der Waals surface area contributed by atoms with Gasteiger partial charge in [-0.2, -0.15) is 12.6 Å². The average Bonchev–Trinajstić information content (AvgIpc) is 2.25. The fourth-order valence-corrected chi connectivity index (χ4v) is 1.17. The van der Waals surface area contributed by atoms with Crippen molar-refractivity contribution in [3.05, 3.63) is 29.3 Å². The molecule has 0 radical (unpaired) electrons. The van der Waals surface area contributed by atoms with Crippen LogP contribution in [0, 0.1) is 11.8 Å². The summed E-state index contributed by atoms with van der Waals surface area (Å²) < 4.78 is 5.11. The highest BCUT2D eigenvalue weighted by Crippen LogP contribution is 2.19. The van der Waals surface area contributed by atoms with Crippen LogP contribution in [0.3, 0.4) is 0 Å². The van der Waals surface area contributed by atoms with Crippen LogP contribution < -0.4 is 4.74 Å². The summed E-state index contributed by atoms with van der Waals surface area (Å²) in [6.45, 7) is -0.0244. The van der Waals surface area contributed by atoms with Crippen LogP contribution in [0.5, 0.6) is 5.75 Å². The van der Waals surface area contributed by atoms with E-state index in [4.69, 9.17) is 9.84 Å². The van der Waals surface area contributed by atoms with Gasteiger partial charge in [-0.25, -0.2) is 0 Å². The van der Waals surface area contributed by atoms with E-state index in [1.54, 1.807) is 13.2 Å². The van der Waals surface area contributed by atoms with Crippen LogP contribution in [0.1, 0.15) is 11.1 Å². The highest BCUT2D eigenvalue weighted by molar-refractivity contribution is 7.80. The third-order valence-corrected chi connectivity index (χ3v) is 1.93. The Morgan fingerprint density at radius 1 is 1.50 bits per heavy atom. The molecule has 0 unspecified atom stereocenters. The first-order valence-electron chi connectivity index (χ1n) is 4.19. The molecule has 1 rings (SSSR count). The first-order valence-corrected chi connectivity index (χ1v) is 4.82. The summed E-state index contributed by atoms with van der Waals surface area (Å²) in [4.78, 5) is 0. The van der Waals surface area contributed by atoms with Gasteiger partial charge in [0.2, 0.25) is 0 Å². The maximum absolute atomic E-state index is 8.99. The number of rotatable bonds is 2. The number of methoxy groups -OCH3 is 1. The van der Waals surface area contributed by atoms with E-state index < -0.39 is 0 Å². The minimum atomic E-state index is -0.0244. The van der Waals surface area contributed by atoms with Crippen molar-refractivity contribution in [1.82, 2.24) is 0 Å². The molecule has 1 N–H and O–H groups in total. The number of hydrogen-bond acceptors (Lipinski definition) is 3. The topological polar surface area (TPSA) is 29.5 Å². The average molecular weight is 208 g/mol. The third kappa shape index (κ3) is 2.69. The molecular formula is C11H12O2S. The summed E-state index contributed by atoms with van der Waals surface area (Å²) in [5.74, 6) is 6.98. The first kappa shape index (κ1) is 11.0. The van der Waals surface area contributed by atoms with Crippen LogP contribution in [-0.2, 0) is 6.61 Å². The predicted octanol–water partition coefficient (Wildman–Crippen LogP) is 1.47. The van der Waals surface area contributed by atoms with Crippen LogP contribution in [-0.4, -0.2) is 18.0 Å². The molecule has 0 saturated heterocycles. The van der Waals surface area contributed by atoms with Crippen molar-refractivity contribution in [3.8, 4) is 17.6 Å². The van der Waals surface area contributed by atoms with Crippen LogP contribution >= 0.6 is 12.6 Å². The van der Waals surface area contributed by atoms with Crippen molar-refractivity contribution in [1.29, 1.82) is 0 Å². The molecule has 0 aliphatic carbocycles. The molecule has 0 aliphatic rings. The molecule has 2 nitrogen and oxygen atoms in total. The number of thiol groups is 1. The third-order valence-electron chi connectivity index (χ3n) is 1.77. The lowest BCUT2D eigenvalue weighted by Gasteiger charge is -2.05. The maximum atomic E-state index is 8.99. The monoisotopic (exact) mass is 208 g/mol. The van der Waals surface area contributed by atoms with E-state index in [-0.39, 0.29) is 6.61 Å². The molecule has 0 atom stereocenters. The molecule has 0 heterocycles. The Balaban J connectivity index is 3.01. The molecule has 0 aromatic heterocycles. The summed E-state index contributed by atoms with van der Waals surface area (Å²) in [6, 6.07) is 5.47. The standard InChI is InChI=1S/C11H12O2S/c1-13-11-7-9(3-2-6-14)4-5-10(11)8-12/h4-5,7,12,14H,6,8H2,1H3. The van der Waals surface area contributed by atoms with Gasteiger partial charge >= 0.3 is 0 Å². The second-order valence-electron chi connectivity index (χ2n) is 2.64. The van der Waals surface area contributed by atoms with Crippen molar-refractivity contribution in [2.24, 2.45) is 0 Å². The van der Waals surface area contributed by atoms with Crippen LogP contribution in [0.2, 0.25) is 0 Å². The van der Waals surface area contributed by atoms with Crippen molar-refractivity contribution >= 4 is 12.6 Å². The molecule has 0 fully saturated rings. The zero-order chi connectivity index (χ0) is 10.4. The zero-order valence-electron chi connectivity index (χ0n) is 7.95. The van der Waals surface area contributed by atoms with Crippen molar-refractivity contribution < 1.29 is 9.84 Å². The number of aliphatic hydroxyl groups is 1. The summed E-state index contributed by atoms with van der Waals surface area (Å²) in [5, 5.41) is 8.99. The molecule has 1 aromatic rings. The lowest BCUT2D eigenvalue weighted by molar-refractivity contribution is 0.274. The second-order valence-corrected chi connectivity index (χ2v) is 2.96. The predicted molar refractivity (Wildman–Crippen MR) is 59.6 cm³/mol. The molecule has 0 amide bonds. The van der Waals surface area contributed by atoms with Crippen LogP contribution in [0.15, 0.2) is 18.2 Å². The minimum absolute atomic E-state index is 0.0244. The second kappa shape index (κ2) is 5.58. The molecule has 1 aromatic carbocycles. The summed E-state index contributed by atoms with van der Waals surface area (Å²) in [6.07, 6.45) is 0. The lowest BCUT2D eigenvalue weighted by Crippen LogP contribution is -1.92. The van der Waals surface area contributed by atoms with Gasteiger partial charge in [0.05, 0.1) is 19.5 Å². The fourth-order valence-electron chi connectivity index (χ4n) is 1.09. The van der Waals surface area contributed by atoms with Gasteiger partial charge in [-0.3, -0.25) is 0 Å². The molecule has 0 aliphatic heterocycles. The van der Waals surface area contributed by atoms with Gasteiger partial charge < -0.3 is 9.84 Å². The van der Waals surface area contributed by atoms with Gasteiger partial charge in [-0.05, 0) is 12.1 Å². The first-order chi connectivity index (χ1) is 6.81. The smallest absolute Gasteiger partial charge is 0.125 e. The summed E-state index contributed by atoms with van der Waals surface area (Å²) in [7, 11) is 1.57. The Hall–Kier alpha value is -1.11. The van der Waals surface area contributed by atoms with Crippen molar-refractivity contribution in [2.75, 3.05) is 12.9 Å². The van der Waals surface area contributed by atoms with Gasteiger partial charge in [-0.1, -0.05) is 17.9 Å². The number of aliphatic hydroxyl groups excluding tert-OH is 1. The van der Waals surface area contributed by atoms with E-state index in [2.05, 4.69) is 24.5 Å². The Kier molecular flexibility index (Phi) is 4.37. The van der Waals surface area contributed by atoms with Gasteiger partial charge in [0.15, 0.2) is 0 Å². The molecule has 14 heavy (non-hydrogen) atoms. The van der Waals surface area contributed by atoms with Gasteiger partial charge in [0.25, 0.3) is 0 Å². The van der Waals surface area contributed by atoms with Gasteiger partial charge in [-0.15, -0.1) is 0 Å². The molecule has 74 valence electrons. The maximum Gasteiger partial charge on any atom is 0.125 e. The Bertz CT molecular complexity index is 363. The number of hydrogen-bond donors (Lipinski definition) is 2. The molecule has 3 heteroatoms. The normalized spacial score (nSPS) is 9.07. The lowest BCUT2D eigenvalue weighted by atomic mass is 10.1. The SMILES string of the molecule is COc1cc(C#CCS)ccc1CO. The Morgan fingerprint density at radius 2 is 2.29 bits per heavy atom. The highest BCUT2D eigenvalue weighted by Gasteiger charge is 2.01. The van der Waals surface area contributed by atoms with E-state index in [1.807, 2.05) is 12.1 Å². The van der Waals surface area contributed by atoms with Crippen LogP contribution in [0.25, 0.3) is 0 Å². The van der Waals surface area contributed by atoms with Gasteiger partial charge in [0.1, 0.15) is 5.75 Å². The van der Waals surface area contributed by atoms with E-state index >= 15 is 0 Å².